The van der Waals surface area contributed by atoms with E-state index in [1.54, 1.807) is 25.1 Å². The summed E-state index contributed by atoms with van der Waals surface area (Å²) in [7, 11) is -2.50. The molecule has 150 valence electrons. The molecule has 2 amide bonds. The van der Waals surface area contributed by atoms with E-state index in [2.05, 4.69) is 10.0 Å². The maximum absolute atomic E-state index is 12.6. The van der Waals surface area contributed by atoms with Crippen LogP contribution in [0.5, 0.6) is 0 Å². The molecule has 0 radical (unpaired) electrons. The highest BCUT2D eigenvalue weighted by Gasteiger charge is 2.21. The summed E-state index contributed by atoms with van der Waals surface area (Å²) in [5, 5.41) is 2.34. The average Bonchev–Trinajstić information content (AvgIpc) is 3.21. The van der Waals surface area contributed by atoms with Crippen LogP contribution in [0.15, 0.2) is 39.8 Å². The Balaban J connectivity index is 1.72. The van der Waals surface area contributed by atoms with Crippen molar-refractivity contribution in [3.8, 4) is 0 Å². The van der Waals surface area contributed by atoms with Gasteiger partial charge in [-0.1, -0.05) is 0 Å². The summed E-state index contributed by atoms with van der Waals surface area (Å²) in [6, 6.07) is 7.57. The maximum Gasteiger partial charge on any atom is 0.291 e. The van der Waals surface area contributed by atoms with Gasteiger partial charge in [0.2, 0.25) is 5.09 Å². The standard InChI is InChI=1S/C18H21N3O5S2/c1-12-11-13(18(23)21-7-9-27-10-8-21)3-4-14(12)20-17(22)15-5-6-16(26-15)28(24,25)19-2/h3-6,11,19H,7-10H2,1-2H3,(H,20,22). The lowest BCUT2D eigenvalue weighted by molar-refractivity contribution is 0.0772. The first-order chi connectivity index (χ1) is 13.3. The number of sulfonamides is 1. The fourth-order valence-corrected chi connectivity index (χ4v) is 4.31. The van der Waals surface area contributed by atoms with E-state index in [-0.39, 0.29) is 16.8 Å². The number of carbonyl (C=O) groups excluding carboxylic acids is 2. The van der Waals surface area contributed by atoms with Gasteiger partial charge in [-0.2, -0.15) is 11.8 Å². The second-order valence-electron chi connectivity index (χ2n) is 6.21. The Kier molecular flexibility index (Phi) is 6.11. The molecule has 1 saturated heterocycles. The number of carbonyl (C=O) groups is 2. The van der Waals surface area contributed by atoms with Gasteiger partial charge in [-0.05, 0) is 49.9 Å². The lowest BCUT2D eigenvalue weighted by atomic mass is 10.1. The van der Waals surface area contributed by atoms with E-state index in [4.69, 9.17) is 4.42 Å². The highest BCUT2D eigenvalue weighted by atomic mass is 32.2. The van der Waals surface area contributed by atoms with Gasteiger partial charge in [0.15, 0.2) is 5.76 Å². The summed E-state index contributed by atoms with van der Waals surface area (Å²) in [5.74, 6) is 1.15. The highest BCUT2D eigenvalue weighted by molar-refractivity contribution is 7.99. The van der Waals surface area contributed by atoms with Crippen LogP contribution >= 0.6 is 11.8 Å². The molecule has 1 aliphatic heterocycles. The highest BCUT2D eigenvalue weighted by Crippen LogP contribution is 2.21. The third-order valence-electron chi connectivity index (χ3n) is 4.36. The number of rotatable bonds is 5. The molecule has 0 aliphatic carbocycles. The van der Waals surface area contributed by atoms with Gasteiger partial charge in [0.1, 0.15) is 0 Å². The molecule has 10 heteroatoms. The Morgan fingerprint density at radius 2 is 1.86 bits per heavy atom. The third-order valence-corrected chi connectivity index (χ3v) is 6.59. The molecule has 8 nitrogen and oxygen atoms in total. The molecule has 0 saturated carbocycles. The van der Waals surface area contributed by atoms with Gasteiger partial charge in [0, 0.05) is 35.8 Å². The molecular formula is C18H21N3O5S2. The molecule has 0 spiro atoms. The minimum absolute atomic E-state index is 0.0192. The molecule has 1 aromatic carbocycles. The quantitative estimate of drug-likeness (QED) is 0.761. The molecule has 1 aliphatic rings. The van der Waals surface area contributed by atoms with Gasteiger partial charge in [0.05, 0.1) is 0 Å². The number of nitrogens with one attached hydrogen (secondary N) is 2. The van der Waals surface area contributed by atoms with Crippen molar-refractivity contribution >= 4 is 39.3 Å². The van der Waals surface area contributed by atoms with Gasteiger partial charge >= 0.3 is 0 Å². The van der Waals surface area contributed by atoms with E-state index < -0.39 is 15.9 Å². The van der Waals surface area contributed by atoms with Crippen molar-refractivity contribution in [2.45, 2.75) is 12.0 Å². The van der Waals surface area contributed by atoms with Crippen molar-refractivity contribution in [2.24, 2.45) is 0 Å². The summed E-state index contributed by atoms with van der Waals surface area (Å²) in [6.45, 7) is 3.26. The summed E-state index contributed by atoms with van der Waals surface area (Å²) in [5.41, 5.74) is 1.81. The van der Waals surface area contributed by atoms with Crippen LogP contribution in [0.4, 0.5) is 5.69 Å². The van der Waals surface area contributed by atoms with Crippen LogP contribution in [0, 0.1) is 6.92 Å². The topological polar surface area (TPSA) is 109 Å². The van der Waals surface area contributed by atoms with Gasteiger partial charge < -0.3 is 14.6 Å². The smallest absolute Gasteiger partial charge is 0.291 e. The van der Waals surface area contributed by atoms with Crippen molar-refractivity contribution in [1.29, 1.82) is 0 Å². The van der Waals surface area contributed by atoms with Crippen LogP contribution in [0.2, 0.25) is 0 Å². The Labute approximate surface area is 167 Å². The Morgan fingerprint density at radius 1 is 1.14 bits per heavy atom. The van der Waals surface area contributed by atoms with Crippen LogP contribution in [0.1, 0.15) is 26.5 Å². The number of amides is 2. The van der Waals surface area contributed by atoms with E-state index in [0.29, 0.717) is 11.3 Å². The minimum Gasteiger partial charge on any atom is -0.438 e. The zero-order chi connectivity index (χ0) is 20.3. The normalized spacial score (nSPS) is 14.7. The van der Waals surface area contributed by atoms with Crippen molar-refractivity contribution in [2.75, 3.05) is 37.0 Å². The van der Waals surface area contributed by atoms with Crippen LogP contribution in [-0.2, 0) is 10.0 Å². The van der Waals surface area contributed by atoms with Crippen molar-refractivity contribution in [3.63, 3.8) is 0 Å². The van der Waals surface area contributed by atoms with Gasteiger partial charge in [0.25, 0.3) is 21.8 Å². The number of nitrogens with zero attached hydrogens (tertiary/aromatic N) is 1. The molecular weight excluding hydrogens is 402 g/mol. The molecule has 1 fully saturated rings. The molecule has 28 heavy (non-hydrogen) atoms. The van der Waals surface area contributed by atoms with Crippen LogP contribution in [0.3, 0.4) is 0 Å². The fourth-order valence-electron chi connectivity index (χ4n) is 2.76. The van der Waals surface area contributed by atoms with E-state index in [1.165, 1.54) is 19.2 Å². The molecule has 2 aromatic rings. The largest absolute Gasteiger partial charge is 0.438 e. The predicted octanol–water partition coefficient (Wildman–Crippen LogP) is 1.94. The predicted molar refractivity (Wildman–Crippen MR) is 107 cm³/mol. The second-order valence-corrected chi connectivity index (χ2v) is 9.26. The number of benzene rings is 1. The summed E-state index contributed by atoms with van der Waals surface area (Å²) in [6.07, 6.45) is 0. The van der Waals surface area contributed by atoms with Crippen LogP contribution < -0.4 is 10.0 Å². The number of aryl methyl sites for hydroxylation is 1. The molecule has 0 bridgehead atoms. The number of hydrogen-bond acceptors (Lipinski definition) is 6. The molecule has 1 aromatic heterocycles. The van der Waals surface area contributed by atoms with Crippen LogP contribution in [-0.4, -0.2) is 56.8 Å². The van der Waals surface area contributed by atoms with E-state index in [1.807, 2.05) is 16.7 Å². The Hall–Kier alpha value is -2.30. The summed E-state index contributed by atoms with van der Waals surface area (Å²) < 4.78 is 30.7. The van der Waals surface area contributed by atoms with E-state index in [9.17, 15) is 18.0 Å². The Bertz CT molecular complexity index is 994. The first-order valence-corrected chi connectivity index (χ1v) is 11.3. The molecule has 0 atom stereocenters. The first kappa shape index (κ1) is 20.4. The number of thioether (sulfide) groups is 1. The second kappa shape index (κ2) is 8.38. The lowest BCUT2D eigenvalue weighted by Gasteiger charge is -2.26. The zero-order valence-electron chi connectivity index (χ0n) is 15.5. The van der Waals surface area contributed by atoms with Crippen molar-refractivity contribution in [1.82, 2.24) is 9.62 Å². The molecule has 0 unspecified atom stereocenters. The SMILES string of the molecule is CNS(=O)(=O)c1ccc(C(=O)Nc2ccc(C(=O)N3CCSCC3)cc2C)o1. The summed E-state index contributed by atoms with van der Waals surface area (Å²) in [4.78, 5) is 26.8. The Morgan fingerprint density at radius 3 is 2.50 bits per heavy atom. The van der Waals surface area contributed by atoms with Crippen molar-refractivity contribution < 1.29 is 22.4 Å². The third kappa shape index (κ3) is 4.40. The van der Waals surface area contributed by atoms with Crippen molar-refractivity contribution in [3.05, 3.63) is 47.2 Å². The molecule has 3 rings (SSSR count). The maximum atomic E-state index is 12.6. The lowest BCUT2D eigenvalue weighted by Crippen LogP contribution is -2.37. The van der Waals surface area contributed by atoms with Gasteiger partial charge in [-0.15, -0.1) is 0 Å². The number of furan rings is 1. The fraction of sp³-hybridized carbons (Fsp3) is 0.333. The van der Waals surface area contributed by atoms with E-state index >= 15 is 0 Å². The summed E-state index contributed by atoms with van der Waals surface area (Å²) >= 11 is 1.83. The average molecular weight is 424 g/mol. The molecule has 2 heterocycles. The first-order valence-electron chi connectivity index (χ1n) is 8.64. The zero-order valence-corrected chi connectivity index (χ0v) is 17.2. The van der Waals surface area contributed by atoms with E-state index in [0.717, 1.165) is 30.2 Å². The monoisotopic (exact) mass is 423 g/mol. The minimum atomic E-state index is -3.76. The van der Waals surface area contributed by atoms with Crippen LogP contribution in [0.25, 0.3) is 0 Å². The van der Waals surface area contributed by atoms with Gasteiger partial charge in [-0.3, -0.25) is 9.59 Å². The number of anilines is 1. The molecule has 2 N–H and O–H groups in total. The number of hydrogen-bond donors (Lipinski definition) is 2. The van der Waals surface area contributed by atoms with Gasteiger partial charge in [-0.25, -0.2) is 13.1 Å².